The molecular formula is C15H24N4O. The van der Waals surface area contributed by atoms with Crippen LogP contribution in [0.15, 0.2) is 18.3 Å². The lowest BCUT2D eigenvalue weighted by atomic mass is 10.0. The molecule has 1 amide bonds. The summed E-state index contributed by atoms with van der Waals surface area (Å²) in [5, 5.41) is 6.24. The van der Waals surface area contributed by atoms with Gasteiger partial charge in [-0.15, -0.1) is 0 Å². The molecule has 0 radical (unpaired) electrons. The Morgan fingerprint density at radius 2 is 2.15 bits per heavy atom. The van der Waals surface area contributed by atoms with Gasteiger partial charge < -0.3 is 15.5 Å². The zero-order valence-corrected chi connectivity index (χ0v) is 12.5. The first kappa shape index (κ1) is 14.8. The summed E-state index contributed by atoms with van der Waals surface area (Å²) in [5.74, 6) is 1.09. The second kappa shape index (κ2) is 6.70. The van der Waals surface area contributed by atoms with E-state index in [0.717, 1.165) is 31.7 Å². The number of aromatic nitrogens is 1. The Kier molecular flexibility index (Phi) is 4.95. The number of rotatable bonds is 4. The van der Waals surface area contributed by atoms with E-state index in [9.17, 15) is 4.79 Å². The second-order valence-electron chi connectivity index (χ2n) is 5.42. The van der Waals surface area contributed by atoms with Crippen LogP contribution in [0.2, 0.25) is 0 Å². The third-order valence-corrected chi connectivity index (χ3v) is 3.93. The molecule has 1 saturated heterocycles. The SMILES string of the molecule is CNC(C)c1ccnc(N2CCC(NC(C)=O)CC2)c1. The Balaban J connectivity index is 1.98. The van der Waals surface area contributed by atoms with E-state index in [1.165, 1.54) is 5.56 Å². The predicted octanol–water partition coefficient (Wildman–Crippen LogP) is 1.47. The molecule has 2 heterocycles. The molecule has 1 atom stereocenters. The van der Waals surface area contributed by atoms with Gasteiger partial charge in [-0.1, -0.05) is 0 Å². The Labute approximate surface area is 120 Å². The van der Waals surface area contributed by atoms with Crippen LogP contribution >= 0.6 is 0 Å². The molecule has 1 aliphatic heterocycles. The maximum Gasteiger partial charge on any atom is 0.217 e. The van der Waals surface area contributed by atoms with Crippen molar-refractivity contribution in [2.24, 2.45) is 0 Å². The molecule has 0 aromatic carbocycles. The van der Waals surface area contributed by atoms with Gasteiger partial charge in [-0.05, 0) is 44.5 Å². The summed E-state index contributed by atoms with van der Waals surface area (Å²) in [6.45, 7) is 5.60. The average molecular weight is 276 g/mol. The van der Waals surface area contributed by atoms with Crippen LogP contribution in [0.4, 0.5) is 5.82 Å². The number of carbonyl (C=O) groups excluding carboxylic acids is 1. The van der Waals surface area contributed by atoms with Gasteiger partial charge in [0.15, 0.2) is 0 Å². The van der Waals surface area contributed by atoms with Crippen molar-refractivity contribution < 1.29 is 4.79 Å². The summed E-state index contributed by atoms with van der Waals surface area (Å²) in [6.07, 6.45) is 3.83. The van der Waals surface area contributed by atoms with E-state index >= 15 is 0 Å². The lowest BCUT2D eigenvalue weighted by Gasteiger charge is -2.33. The number of amides is 1. The van der Waals surface area contributed by atoms with Gasteiger partial charge in [-0.2, -0.15) is 0 Å². The van der Waals surface area contributed by atoms with E-state index < -0.39 is 0 Å². The van der Waals surface area contributed by atoms with Crippen LogP contribution in [0.1, 0.15) is 38.3 Å². The standard InChI is InChI=1S/C15H24N4O/c1-11(16-3)13-4-7-17-15(10-13)19-8-5-14(6-9-19)18-12(2)20/h4,7,10-11,14,16H,5-6,8-9H2,1-3H3,(H,18,20). The second-order valence-corrected chi connectivity index (χ2v) is 5.42. The number of hydrogen-bond acceptors (Lipinski definition) is 4. The highest BCUT2D eigenvalue weighted by Crippen LogP contribution is 2.21. The molecule has 1 aliphatic rings. The summed E-state index contributed by atoms with van der Waals surface area (Å²) < 4.78 is 0. The van der Waals surface area contributed by atoms with E-state index in [1.54, 1.807) is 6.92 Å². The van der Waals surface area contributed by atoms with Crippen molar-refractivity contribution in [1.82, 2.24) is 15.6 Å². The van der Waals surface area contributed by atoms with Gasteiger partial charge in [0.25, 0.3) is 0 Å². The van der Waals surface area contributed by atoms with Crippen molar-refractivity contribution in [3.63, 3.8) is 0 Å². The molecule has 0 aliphatic carbocycles. The van der Waals surface area contributed by atoms with Crippen LogP contribution in [0.5, 0.6) is 0 Å². The average Bonchev–Trinajstić information content (AvgIpc) is 2.47. The quantitative estimate of drug-likeness (QED) is 0.874. The van der Waals surface area contributed by atoms with Crippen molar-refractivity contribution in [3.8, 4) is 0 Å². The van der Waals surface area contributed by atoms with E-state index in [2.05, 4.69) is 39.6 Å². The highest BCUT2D eigenvalue weighted by atomic mass is 16.1. The fourth-order valence-electron chi connectivity index (χ4n) is 2.58. The van der Waals surface area contributed by atoms with Crippen LogP contribution in [-0.2, 0) is 4.79 Å². The Morgan fingerprint density at radius 3 is 2.75 bits per heavy atom. The first-order valence-electron chi connectivity index (χ1n) is 7.25. The molecule has 0 spiro atoms. The maximum atomic E-state index is 11.1. The monoisotopic (exact) mass is 276 g/mol. The third-order valence-electron chi connectivity index (χ3n) is 3.93. The summed E-state index contributed by atoms with van der Waals surface area (Å²) in [5.41, 5.74) is 1.25. The van der Waals surface area contributed by atoms with Gasteiger partial charge in [0, 0.05) is 38.3 Å². The minimum Gasteiger partial charge on any atom is -0.356 e. The minimum atomic E-state index is 0.0615. The van der Waals surface area contributed by atoms with Gasteiger partial charge >= 0.3 is 0 Å². The molecule has 110 valence electrons. The van der Waals surface area contributed by atoms with Crippen molar-refractivity contribution >= 4 is 11.7 Å². The van der Waals surface area contributed by atoms with Crippen LogP contribution in [0.25, 0.3) is 0 Å². The van der Waals surface area contributed by atoms with E-state index in [4.69, 9.17) is 0 Å². The number of anilines is 1. The topological polar surface area (TPSA) is 57.3 Å². The number of piperidine rings is 1. The van der Waals surface area contributed by atoms with E-state index in [0.29, 0.717) is 12.1 Å². The molecule has 1 aromatic rings. The number of hydrogen-bond donors (Lipinski definition) is 2. The van der Waals surface area contributed by atoms with Gasteiger partial charge in [0.1, 0.15) is 5.82 Å². The highest BCUT2D eigenvalue weighted by molar-refractivity contribution is 5.73. The molecule has 1 unspecified atom stereocenters. The molecule has 1 fully saturated rings. The molecule has 0 bridgehead atoms. The number of carbonyl (C=O) groups is 1. The fraction of sp³-hybridized carbons (Fsp3) is 0.600. The number of pyridine rings is 1. The lowest BCUT2D eigenvalue weighted by Crippen LogP contribution is -2.44. The van der Waals surface area contributed by atoms with Crippen molar-refractivity contribution in [3.05, 3.63) is 23.9 Å². The van der Waals surface area contributed by atoms with Gasteiger partial charge in [0.05, 0.1) is 0 Å². The Hall–Kier alpha value is -1.62. The molecule has 0 saturated carbocycles. The summed E-state index contributed by atoms with van der Waals surface area (Å²) in [7, 11) is 1.96. The van der Waals surface area contributed by atoms with Gasteiger partial charge in [0.2, 0.25) is 5.91 Å². The van der Waals surface area contributed by atoms with Crippen LogP contribution < -0.4 is 15.5 Å². The number of nitrogens with zero attached hydrogens (tertiary/aromatic N) is 2. The van der Waals surface area contributed by atoms with Crippen LogP contribution in [-0.4, -0.2) is 37.1 Å². The zero-order chi connectivity index (χ0) is 14.5. The molecule has 5 nitrogen and oxygen atoms in total. The lowest BCUT2D eigenvalue weighted by molar-refractivity contribution is -0.119. The molecule has 2 N–H and O–H groups in total. The van der Waals surface area contributed by atoms with E-state index in [1.807, 2.05) is 13.2 Å². The van der Waals surface area contributed by atoms with Crippen LogP contribution in [0, 0.1) is 0 Å². The molecule has 20 heavy (non-hydrogen) atoms. The van der Waals surface area contributed by atoms with E-state index in [-0.39, 0.29) is 5.91 Å². The minimum absolute atomic E-state index is 0.0615. The van der Waals surface area contributed by atoms with Gasteiger partial charge in [-0.3, -0.25) is 4.79 Å². The van der Waals surface area contributed by atoms with Crippen molar-refractivity contribution in [1.29, 1.82) is 0 Å². The Morgan fingerprint density at radius 1 is 1.45 bits per heavy atom. The first-order valence-corrected chi connectivity index (χ1v) is 7.25. The van der Waals surface area contributed by atoms with Gasteiger partial charge in [-0.25, -0.2) is 4.98 Å². The molecule has 5 heteroatoms. The largest absolute Gasteiger partial charge is 0.356 e. The Bertz CT molecular complexity index is 455. The maximum absolute atomic E-state index is 11.1. The zero-order valence-electron chi connectivity index (χ0n) is 12.5. The molecular weight excluding hydrogens is 252 g/mol. The fourth-order valence-corrected chi connectivity index (χ4v) is 2.58. The van der Waals surface area contributed by atoms with Crippen molar-refractivity contribution in [2.75, 3.05) is 25.0 Å². The van der Waals surface area contributed by atoms with Crippen molar-refractivity contribution in [2.45, 2.75) is 38.8 Å². The number of nitrogens with one attached hydrogen (secondary N) is 2. The smallest absolute Gasteiger partial charge is 0.217 e. The summed E-state index contributed by atoms with van der Waals surface area (Å²) in [6, 6.07) is 4.84. The van der Waals surface area contributed by atoms with Crippen LogP contribution in [0.3, 0.4) is 0 Å². The molecule has 1 aromatic heterocycles. The normalized spacial score (nSPS) is 17.9. The highest BCUT2D eigenvalue weighted by Gasteiger charge is 2.20. The molecule has 2 rings (SSSR count). The third kappa shape index (κ3) is 3.70. The summed E-state index contributed by atoms with van der Waals surface area (Å²) in [4.78, 5) is 17.8. The predicted molar refractivity (Wildman–Crippen MR) is 80.8 cm³/mol. The first-order chi connectivity index (χ1) is 9.60. The summed E-state index contributed by atoms with van der Waals surface area (Å²) >= 11 is 0.